The molecule has 18 heavy (non-hydrogen) atoms. The summed E-state index contributed by atoms with van der Waals surface area (Å²) in [5, 5.41) is 0. The van der Waals surface area contributed by atoms with Crippen molar-refractivity contribution in [2.75, 3.05) is 31.3 Å². The summed E-state index contributed by atoms with van der Waals surface area (Å²) in [6, 6.07) is 0. The Balaban J connectivity index is 3.37. The second kappa shape index (κ2) is 13.6. The summed E-state index contributed by atoms with van der Waals surface area (Å²) in [5.41, 5.74) is 0. The van der Waals surface area contributed by atoms with Crippen molar-refractivity contribution >= 4 is 19.1 Å². The number of hydrogen-bond donors (Lipinski definition) is 0. The minimum Gasteiger partial charge on any atom is -0.383 e. The summed E-state index contributed by atoms with van der Waals surface area (Å²) in [4.78, 5) is 19.5. The van der Waals surface area contributed by atoms with E-state index < -0.39 is 7.32 Å². The van der Waals surface area contributed by atoms with Crippen molar-refractivity contribution in [1.29, 1.82) is 0 Å². The van der Waals surface area contributed by atoms with Gasteiger partial charge in [0.1, 0.15) is 0 Å². The Morgan fingerprint density at radius 3 is 2.33 bits per heavy atom. The molecule has 7 heteroatoms. The molecule has 0 fully saturated rings. The van der Waals surface area contributed by atoms with Crippen LogP contribution in [0.4, 0.5) is 0 Å². The summed E-state index contributed by atoms with van der Waals surface area (Å²) in [5.74, 6) is 2.78. The Morgan fingerprint density at radius 2 is 1.72 bits per heavy atom. The molecule has 0 radical (unpaired) electrons. The van der Waals surface area contributed by atoms with Crippen molar-refractivity contribution in [2.45, 2.75) is 34.1 Å². The van der Waals surface area contributed by atoms with E-state index >= 15 is 0 Å². The molecule has 0 aromatic rings. The Hall–Kier alpha value is 0.215. The lowest BCUT2D eigenvalue weighted by Crippen LogP contribution is -2.28. The third-order valence-corrected chi connectivity index (χ3v) is 2.84. The minimum absolute atomic E-state index is 0.429. The van der Waals surface area contributed by atoms with Gasteiger partial charge >= 0.3 is 7.32 Å². The Morgan fingerprint density at radius 1 is 1.00 bits per heavy atom. The summed E-state index contributed by atoms with van der Waals surface area (Å²) in [6.07, 6.45) is 1.22. The second-order valence-corrected chi connectivity index (χ2v) is 5.18. The Kier molecular flexibility index (Phi) is 13.8. The molecule has 108 valence electrons. The van der Waals surface area contributed by atoms with Crippen molar-refractivity contribution in [3.05, 3.63) is 0 Å². The molecule has 0 saturated heterocycles. The SMILES string of the molecule is CCOOB(OCC)OOCCSCCC(C)C. The first-order valence-corrected chi connectivity index (χ1v) is 7.62. The summed E-state index contributed by atoms with van der Waals surface area (Å²) >= 11 is 1.85. The largest absolute Gasteiger partial charge is 0.696 e. The van der Waals surface area contributed by atoms with Crippen molar-refractivity contribution in [3.8, 4) is 0 Å². The lowest BCUT2D eigenvalue weighted by Gasteiger charge is -2.11. The molecule has 0 aromatic carbocycles. The smallest absolute Gasteiger partial charge is 0.383 e. The molecule has 0 bridgehead atoms. The number of rotatable bonds is 13. The van der Waals surface area contributed by atoms with Crippen LogP contribution in [-0.2, 0) is 24.0 Å². The van der Waals surface area contributed by atoms with Gasteiger partial charge in [0, 0.05) is 12.4 Å². The maximum absolute atomic E-state index is 5.10. The molecular formula is C11H25BO5S. The van der Waals surface area contributed by atoms with Gasteiger partial charge in [-0.1, -0.05) is 13.8 Å². The van der Waals surface area contributed by atoms with Crippen molar-refractivity contribution in [2.24, 2.45) is 5.92 Å². The van der Waals surface area contributed by atoms with Gasteiger partial charge in [0.25, 0.3) is 0 Å². The van der Waals surface area contributed by atoms with E-state index in [1.54, 1.807) is 0 Å². The van der Waals surface area contributed by atoms with Gasteiger partial charge in [0.2, 0.25) is 0 Å². The predicted molar refractivity (Wildman–Crippen MR) is 73.9 cm³/mol. The van der Waals surface area contributed by atoms with E-state index in [-0.39, 0.29) is 0 Å². The molecule has 0 N–H and O–H groups in total. The van der Waals surface area contributed by atoms with E-state index in [1.807, 2.05) is 25.6 Å². The summed E-state index contributed by atoms with van der Waals surface area (Å²) in [6.45, 7) is 9.49. The highest BCUT2D eigenvalue weighted by Crippen LogP contribution is 2.08. The molecule has 0 aliphatic carbocycles. The maximum atomic E-state index is 5.10. The van der Waals surface area contributed by atoms with E-state index in [2.05, 4.69) is 13.8 Å². The summed E-state index contributed by atoms with van der Waals surface area (Å²) in [7, 11) is -0.921. The van der Waals surface area contributed by atoms with Gasteiger partial charge in [-0.05, 0) is 31.9 Å². The van der Waals surface area contributed by atoms with Crippen LogP contribution < -0.4 is 0 Å². The zero-order valence-electron chi connectivity index (χ0n) is 11.8. The normalized spacial score (nSPS) is 11.2. The molecule has 0 rings (SSSR count). The first-order valence-electron chi connectivity index (χ1n) is 6.46. The average Bonchev–Trinajstić information content (AvgIpc) is 2.34. The highest BCUT2D eigenvalue weighted by atomic mass is 32.2. The van der Waals surface area contributed by atoms with E-state index in [0.717, 1.165) is 17.4 Å². The van der Waals surface area contributed by atoms with Gasteiger partial charge in [0.15, 0.2) is 0 Å². The first kappa shape index (κ1) is 18.2. The number of thioether (sulfide) groups is 1. The zero-order chi connectivity index (χ0) is 13.6. The minimum atomic E-state index is -0.921. The molecule has 0 aliphatic heterocycles. The summed E-state index contributed by atoms with van der Waals surface area (Å²) < 4.78 is 5.10. The molecule has 0 amide bonds. The molecular weight excluding hydrogens is 255 g/mol. The molecule has 0 atom stereocenters. The highest BCUT2D eigenvalue weighted by Gasteiger charge is 2.23. The van der Waals surface area contributed by atoms with Crippen LogP contribution >= 0.6 is 11.8 Å². The lowest BCUT2D eigenvalue weighted by molar-refractivity contribution is -0.297. The van der Waals surface area contributed by atoms with Crippen LogP contribution in [0.3, 0.4) is 0 Å². The molecule has 0 aliphatic rings. The molecule has 0 saturated carbocycles. The fourth-order valence-electron chi connectivity index (χ4n) is 0.949. The molecule has 0 spiro atoms. The molecule has 0 aromatic heterocycles. The Bertz CT molecular complexity index is 174. The van der Waals surface area contributed by atoms with Crippen LogP contribution in [0.1, 0.15) is 34.1 Å². The average molecular weight is 280 g/mol. The van der Waals surface area contributed by atoms with Crippen LogP contribution in [-0.4, -0.2) is 38.6 Å². The van der Waals surface area contributed by atoms with Gasteiger partial charge < -0.3 is 4.65 Å². The topological polar surface area (TPSA) is 46.2 Å². The van der Waals surface area contributed by atoms with Crippen LogP contribution in [0.2, 0.25) is 0 Å². The third-order valence-electron chi connectivity index (χ3n) is 1.86. The van der Waals surface area contributed by atoms with E-state index in [1.165, 1.54) is 6.42 Å². The second-order valence-electron chi connectivity index (χ2n) is 3.96. The highest BCUT2D eigenvalue weighted by molar-refractivity contribution is 7.99. The van der Waals surface area contributed by atoms with Crippen LogP contribution in [0.15, 0.2) is 0 Å². The van der Waals surface area contributed by atoms with Crippen LogP contribution in [0.25, 0.3) is 0 Å². The van der Waals surface area contributed by atoms with Gasteiger partial charge in [-0.2, -0.15) is 11.8 Å². The number of hydrogen-bond acceptors (Lipinski definition) is 6. The molecule has 0 unspecified atom stereocenters. The standard InChI is InChI=1S/C11H25BO5S/c1-5-13-12(16-14-6-2)17-15-8-10-18-9-7-11(3)4/h11H,5-10H2,1-4H3. The maximum Gasteiger partial charge on any atom is 0.696 e. The Labute approximate surface area is 115 Å². The van der Waals surface area contributed by atoms with Crippen molar-refractivity contribution in [3.63, 3.8) is 0 Å². The quantitative estimate of drug-likeness (QED) is 0.224. The van der Waals surface area contributed by atoms with Gasteiger partial charge in [-0.3, -0.25) is 0 Å². The fraction of sp³-hybridized carbons (Fsp3) is 1.00. The molecule has 0 heterocycles. The van der Waals surface area contributed by atoms with E-state index in [9.17, 15) is 0 Å². The van der Waals surface area contributed by atoms with Crippen LogP contribution in [0, 0.1) is 5.92 Å². The predicted octanol–water partition coefficient (Wildman–Crippen LogP) is 2.70. The fourth-order valence-corrected chi connectivity index (χ4v) is 1.98. The third kappa shape index (κ3) is 12.7. The zero-order valence-corrected chi connectivity index (χ0v) is 12.7. The monoisotopic (exact) mass is 280 g/mol. The van der Waals surface area contributed by atoms with Gasteiger partial charge in [0.05, 0.1) is 13.2 Å². The van der Waals surface area contributed by atoms with E-state index in [0.29, 0.717) is 19.8 Å². The van der Waals surface area contributed by atoms with Crippen molar-refractivity contribution < 1.29 is 24.0 Å². The van der Waals surface area contributed by atoms with Crippen molar-refractivity contribution in [1.82, 2.24) is 0 Å². The van der Waals surface area contributed by atoms with Gasteiger partial charge in [-0.25, -0.2) is 19.4 Å². The first-order chi connectivity index (χ1) is 8.70. The lowest BCUT2D eigenvalue weighted by atomic mass is 10.2. The van der Waals surface area contributed by atoms with E-state index in [4.69, 9.17) is 24.0 Å². The van der Waals surface area contributed by atoms with Gasteiger partial charge in [-0.15, -0.1) is 0 Å². The van der Waals surface area contributed by atoms with Crippen LogP contribution in [0.5, 0.6) is 0 Å². The molecule has 5 nitrogen and oxygen atoms in total.